The molecule has 1 N–H and O–H groups in total. The lowest BCUT2D eigenvalue weighted by Gasteiger charge is -2.12. The normalized spacial score (nSPS) is 27.9. The number of sulfonamides is 1. The van der Waals surface area contributed by atoms with E-state index in [9.17, 15) is 8.42 Å². The van der Waals surface area contributed by atoms with Crippen LogP contribution in [0.3, 0.4) is 0 Å². The first-order chi connectivity index (χ1) is 7.15. The number of hydrogen-bond donors (Lipinski definition) is 1. The van der Waals surface area contributed by atoms with Crippen molar-refractivity contribution in [3.05, 3.63) is 35.3 Å². The van der Waals surface area contributed by atoms with Gasteiger partial charge in [-0.25, -0.2) is 8.42 Å². The summed E-state index contributed by atoms with van der Waals surface area (Å²) in [6.07, 6.45) is 6.35. The molecular formula is C10H13NO3S. The van der Waals surface area contributed by atoms with E-state index in [1.54, 1.807) is 12.2 Å². The monoisotopic (exact) mass is 227 g/mol. The molecule has 1 fully saturated rings. The minimum absolute atomic E-state index is 0.331. The summed E-state index contributed by atoms with van der Waals surface area (Å²) in [6.45, 7) is 3.86. The molecule has 0 amide bonds. The molecular weight excluding hydrogens is 214 g/mol. The molecule has 0 aromatic carbocycles. The van der Waals surface area contributed by atoms with E-state index in [0.29, 0.717) is 11.5 Å². The lowest BCUT2D eigenvalue weighted by atomic mass is 10.1. The molecule has 2 rings (SSSR count). The molecule has 1 atom stereocenters. The summed E-state index contributed by atoms with van der Waals surface area (Å²) in [7, 11) is -3.34. The highest BCUT2D eigenvalue weighted by molar-refractivity contribution is 7.94. The summed E-state index contributed by atoms with van der Waals surface area (Å²) >= 11 is 0. The van der Waals surface area contributed by atoms with Crippen molar-refractivity contribution in [1.82, 2.24) is 4.72 Å². The van der Waals surface area contributed by atoms with Crippen molar-refractivity contribution >= 4 is 10.0 Å². The van der Waals surface area contributed by atoms with E-state index in [0.717, 1.165) is 18.4 Å². The van der Waals surface area contributed by atoms with Crippen LogP contribution >= 0.6 is 0 Å². The van der Waals surface area contributed by atoms with Crippen LogP contribution in [-0.2, 0) is 14.8 Å². The van der Waals surface area contributed by atoms with Gasteiger partial charge in [0.25, 0.3) is 0 Å². The van der Waals surface area contributed by atoms with Crippen molar-refractivity contribution in [2.75, 3.05) is 6.61 Å². The number of rotatable bonds is 3. The molecule has 1 heterocycles. The van der Waals surface area contributed by atoms with Gasteiger partial charge in [-0.15, -0.1) is 6.58 Å². The predicted octanol–water partition coefficient (Wildman–Crippen LogP) is 1.05. The Hall–Kier alpha value is -0.910. The summed E-state index contributed by atoms with van der Waals surface area (Å²) in [5.41, 5.74) is 0.739. The minimum atomic E-state index is -3.34. The highest BCUT2D eigenvalue weighted by Crippen LogP contribution is 2.32. The highest BCUT2D eigenvalue weighted by Gasteiger charge is 2.38. The van der Waals surface area contributed by atoms with Gasteiger partial charge in [0, 0.05) is 5.57 Å². The Morgan fingerprint density at radius 3 is 3.00 bits per heavy atom. The lowest BCUT2D eigenvalue weighted by molar-refractivity contribution is 0.0987. The van der Waals surface area contributed by atoms with Crippen LogP contribution in [0.1, 0.15) is 12.8 Å². The van der Waals surface area contributed by atoms with Crippen molar-refractivity contribution in [3.8, 4) is 0 Å². The summed E-state index contributed by atoms with van der Waals surface area (Å²) in [5.74, 6) is 0. The average molecular weight is 227 g/mol. The Morgan fingerprint density at radius 1 is 1.53 bits per heavy atom. The van der Waals surface area contributed by atoms with Gasteiger partial charge in [-0.2, -0.15) is 4.72 Å². The van der Waals surface area contributed by atoms with E-state index in [1.165, 1.54) is 0 Å². The molecule has 82 valence electrons. The van der Waals surface area contributed by atoms with Gasteiger partial charge in [0.05, 0.1) is 11.5 Å². The number of allylic oxidation sites excluding steroid dienone is 2. The minimum Gasteiger partial charge on any atom is -0.354 e. The second-order valence-electron chi connectivity index (χ2n) is 3.43. The quantitative estimate of drug-likeness (QED) is 0.733. The lowest BCUT2D eigenvalue weighted by Crippen LogP contribution is -2.28. The third-order valence-electron chi connectivity index (χ3n) is 2.36. The third kappa shape index (κ3) is 1.90. The summed E-state index contributed by atoms with van der Waals surface area (Å²) in [6, 6.07) is 0. The predicted molar refractivity (Wildman–Crippen MR) is 57.4 cm³/mol. The SMILES string of the molecule is C=CCOC1NS(=O)(=O)C2=CCCC=C21. The molecule has 0 aromatic heterocycles. The van der Waals surface area contributed by atoms with Gasteiger partial charge in [-0.3, -0.25) is 0 Å². The molecule has 0 spiro atoms. The molecule has 1 unspecified atom stereocenters. The van der Waals surface area contributed by atoms with Crippen molar-refractivity contribution in [2.45, 2.75) is 19.1 Å². The first kappa shape index (κ1) is 10.6. The number of hydrogen-bond acceptors (Lipinski definition) is 3. The number of fused-ring (bicyclic) bond motifs is 1. The first-order valence-electron chi connectivity index (χ1n) is 4.80. The zero-order valence-electron chi connectivity index (χ0n) is 8.27. The topological polar surface area (TPSA) is 55.4 Å². The second-order valence-corrected chi connectivity index (χ2v) is 5.11. The molecule has 4 nitrogen and oxygen atoms in total. The van der Waals surface area contributed by atoms with Gasteiger partial charge in [0.15, 0.2) is 0 Å². The largest absolute Gasteiger partial charge is 0.354 e. The zero-order chi connectivity index (χ0) is 10.9. The molecule has 0 radical (unpaired) electrons. The van der Waals surface area contributed by atoms with Crippen LogP contribution in [0.5, 0.6) is 0 Å². The number of nitrogens with one attached hydrogen (secondary N) is 1. The fourth-order valence-corrected chi connectivity index (χ4v) is 3.17. The maximum Gasteiger partial charge on any atom is 0.243 e. The molecule has 2 aliphatic rings. The maximum absolute atomic E-state index is 11.6. The molecule has 15 heavy (non-hydrogen) atoms. The van der Waals surface area contributed by atoms with Gasteiger partial charge in [0.2, 0.25) is 10.0 Å². The van der Waals surface area contributed by atoms with Crippen LogP contribution in [0.4, 0.5) is 0 Å². The molecule has 1 aliphatic heterocycles. The van der Waals surface area contributed by atoms with E-state index in [4.69, 9.17) is 4.74 Å². The van der Waals surface area contributed by atoms with Crippen LogP contribution in [-0.4, -0.2) is 21.3 Å². The Balaban J connectivity index is 2.28. The Bertz CT molecular complexity index is 434. The molecule has 5 heteroatoms. The van der Waals surface area contributed by atoms with E-state index < -0.39 is 16.3 Å². The maximum atomic E-state index is 11.6. The third-order valence-corrected chi connectivity index (χ3v) is 3.87. The Labute approximate surface area is 89.4 Å². The van der Waals surface area contributed by atoms with E-state index >= 15 is 0 Å². The van der Waals surface area contributed by atoms with E-state index in [2.05, 4.69) is 11.3 Å². The van der Waals surface area contributed by atoms with E-state index in [1.807, 2.05) is 6.08 Å². The Kier molecular flexibility index (Phi) is 2.77. The van der Waals surface area contributed by atoms with Crippen molar-refractivity contribution in [1.29, 1.82) is 0 Å². The Morgan fingerprint density at radius 2 is 2.27 bits per heavy atom. The summed E-state index contributed by atoms with van der Waals surface area (Å²) < 4.78 is 31.1. The second kappa shape index (κ2) is 3.92. The van der Waals surface area contributed by atoms with E-state index in [-0.39, 0.29) is 0 Å². The smallest absolute Gasteiger partial charge is 0.243 e. The van der Waals surface area contributed by atoms with Gasteiger partial charge >= 0.3 is 0 Å². The van der Waals surface area contributed by atoms with Gasteiger partial charge < -0.3 is 4.74 Å². The molecule has 0 bridgehead atoms. The van der Waals surface area contributed by atoms with Crippen LogP contribution in [0.25, 0.3) is 0 Å². The molecule has 0 aromatic rings. The highest BCUT2D eigenvalue weighted by atomic mass is 32.2. The van der Waals surface area contributed by atoms with Crippen LogP contribution in [0.2, 0.25) is 0 Å². The van der Waals surface area contributed by atoms with Crippen molar-refractivity contribution in [3.63, 3.8) is 0 Å². The fraction of sp³-hybridized carbons (Fsp3) is 0.400. The molecule has 1 aliphatic carbocycles. The molecule has 0 saturated carbocycles. The van der Waals surface area contributed by atoms with Crippen molar-refractivity contribution < 1.29 is 13.2 Å². The van der Waals surface area contributed by atoms with Gasteiger partial charge in [-0.05, 0) is 12.8 Å². The van der Waals surface area contributed by atoms with Crippen LogP contribution in [0.15, 0.2) is 35.3 Å². The fourth-order valence-electron chi connectivity index (χ4n) is 1.73. The van der Waals surface area contributed by atoms with Crippen molar-refractivity contribution in [2.24, 2.45) is 0 Å². The first-order valence-corrected chi connectivity index (χ1v) is 6.29. The number of ether oxygens (including phenoxy) is 1. The molecule has 1 saturated heterocycles. The van der Waals surface area contributed by atoms with Gasteiger partial charge in [-0.1, -0.05) is 18.2 Å². The standard InChI is InChI=1S/C10H13NO3S/c1-2-7-14-10-8-5-3-4-6-9(8)15(12,13)11-10/h2,5-6,10-11H,1,3-4,7H2. The summed E-state index contributed by atoms with van der Waals surface area (Å²) in [5, 5.41) is 0. The van der Waals surface area contributed by atoms with Crippen LogP contribution < -0.4 is 4.72 Å². The summed E-state index contributed by atoms with van der Waals surface area (Å²) in [4.78, 5) is 0.378. The zero-order valence-corrected chi connectivity index (χ0v) is 9.09. The van der Waals surface area contributed by atoms with Crippen LogP contribution in [0, 0.1) is 0 Å². The van der Waals surface area contributed by atoms with Gasteiger partial charge in [0.1, 0.15) is 6.23 Å². The average Bonchev–Trinajstić information content (AvgIpc) is 2.49.